The fraction of sp³-hybridized carbons (Fsp3) is 0.523. The maximum absolute atomic E-state index is 14.8. The number of carbonyl (C=O) groups excluding carboxylic acids is 3. The summed E-state index contributed by atoms with van der Waals surface area (Å²) >= 11 is 19.4. The van der Waals surface area contributed by atoms with Crippen molar-refractivity contribution in [1.29, 1.82) is 0 Å². The summed E-state index contributed by atoms with van der Waals surface area (Å²) in [6, 6.07) is 17.3. The van der Waals surface area contributed by atoms with Gasteiger partial charge in [0.05, 0.1) is 22.4 Å². The number of nitrogens with zero attached hydrogens (tertiary/aromatic N) is 2. The minimum atomic E-state index is -0.667. The minimum absolute atomic E-state index is 0.0152. The third kappa shape index (κ3) is 13.4. The van der Waals surface area contributed by atoms with Crippen LogP contribution in [-0.2, 0) is 32.2 Å². The molecule has 2 fully saturated rings. The van der Waals surface area contributed by atoms with Gasteiger partial charge in [-0.2, -0.15) is 0 Å². The van der Waals surface area contributed by atoms with Crippen molar-refractivity contribution in [2.75, 3.05) is 32.8 Å². The van der Waals surface area contributed by atoms with Crippen molar-refractivity contribution in [2.24, 2.45) is 5.92 Å². The molecule has 1 aliphatic heterocycles. The molecule has 0 bridgehead atoms. The molecule has 3 aromatic carbocycles. The molecule has 0 aromatic heterocycles. The standard InChI is InChI=1S/C44H56Cl3N3O7/c1-28-22-37(46)40(38(47)23-28)55-21-20-54-33-13-9-30(10-14-33)34-17-19-49(42(53)57-44(5,6)7)27-35(34)41(52)50(32-11-12-32)26-31-24-29(8-15-36(31)45)25-48-18-16-39(51)56-43(2,3)4/h8-10,13-15,22-24,32,34-35,48H,11-12,16-21,25-27H2,1-7H3/t34-,35+/m1/s1. The van der Waals surface area contributed by atoms with E-state index in [0.717, 1.165) is 35.1 Å². The lowest BCUT2D eigenvalue weighted by molar-refractivity contribution is -0.154. The maximum Gasteiger partial charge on any atom is 0.410 e. The average molecular weight is 845 g/mol. The Morgan fingerprint density at radius 2 is 1.47 bits per heavy atom. The first-order chi connectivity index (χ1) is 26.9. The van der Waals surface area contributed by atoms with Crippen molar-refractivity contribution in [3.63, 3.8) is 0 Å². The van der Waals surface area contributed by atoms with Crippen LogP contribution in [-0.4, -0.2) is 77.9 Å². The summed E-state index contributed by atoms with van der Waals surface area (Å²) in [5.41, 5.74) is 2.58. The molecule has 57 heavy (non-hydrogen) atoms. The molecular formula is C44H56Cl3N3O7. The van der Waals surface area contributed by atoms with Crippen LogP contribution in [0.15, 0.2) is 54.6 Å². The molecule has 0 unspecified atom stereocenters. The number of likely N-dealkylation sites (tertiary alicyclic amines) is 1. The normalized spacial score (nSPS) is 17.2. The molecule has 1 saturated carbocycles. The molecule has 2 amide bonds. The van der Waals surface area contributed by atoms with E-state index in [1.54, 1.807) is 17.0 Å². The zero-order valence-electron chi connectivity index (χ0n) is 34.1. The van der Waals surface area contributed by atoms with Crippen molar-refractivity contribution in [3.8, 4) is 11.5 Å². The summed E-state index contributed by atoms with van der Waals surface area (Å²) in [5.74, 6) is 0.169. The molecule has 310 valence electrons. The Morgan fingerprint density at radius 1 is 0.825 bits per heavy atom. The number of benzene rings is 3. The van der Waals surface area contributed by atoms with Crippen molar-refractivity contribution < 1.29 is 33.3 Å². The van der Waals surface area contributed by atoms with Crippen LogP contribution in [0.5, 0.6) is 11.5 Å². The van der Waals surface area contributed by atoms with E-state index in [1.807, 2.05) is 95.8 Å². The van der Waals surface area contributed by atoms with E-state index in [9.17, 15) is 14.4 Å². The molecule has 0 radical (unpaired) electrons. The number of nitrogens with one attached hydrogen (secondary N) is 1. The molecule has 1 saturated heterocycles. The van der Waals surface area contributed by atoms with Gasteiger partial charge in [0.25, 0.3) is 0 Å². The third-order valence-corrected chi connectivity index (χ3v) is 10.5. The summed E-state index contributed by atoms with van der Waals surface area (Å²) in [6.45, 7) is 15.5. The number of rotatable bonds is 15. The number of esters is 1. The molecule has 2 atom stereocenters. The Morgan fingerprint density at radius 3 is 2.11 bits per heavy atom. The van der Waals surface area contributed by atoms with Crippen LogP contribution in [0.1, 0.15) is 95.4 Å². The fourth-order valence-electron chi connectivity index (χ4n) is 6.88. The van der Waals surface area contributed by atoms with Gasteiger partial charge in [0, 0.05) is 43.8 Å². The number of piperidine rings is 1. The van der Waals surface area contributed by atoms with Gasteiger partial charge in [0.1, 0.15) is 30.2 Å². The summed E-state index contributed by atoms with van der Waals surface area (Å²) in [6.07, 6.45) is 2.23. The summed E-state index contributed by atoms with van der Waals surface area (Å²) in [7, 11) is 0. The van der Waals surface area contributed by atoms with Crippen molar-refractivity contribution in [1.82, 2.24) is 15.1 Å². The van der Waals surface area contributed by atoms with Gasteiger partial charge >= 0.3 is 12.1 Å². The molecule has 3 aromatic rings. The van der Waals surface area contributed by atoms with Crippen LogP contribution in [0.25, 0.3) is 0 Å². The Hall–Kier alpha value is -3.70. The van der Waals surface area contributed by atoms with Gasteiger partial charge in [0.15, 0.2) is 5.75 Å². The Labute approximate surface area is 352 Å². The largest absolute Gasteiger partial charge is 0.490 e. The highest BCUT2D eigenvalue weighted by Gasteiger charge is 2.43. The second kappa shape index (κ2) is 19.4. The van der Waals surface area contributed by atoms with Gasteiger partial charge in [0.2, 0.25) is 5.91 Å². The van der Waals surface area contributed by atoms with Crippen LogP contribution >= 0.6 is 34.8 Å². The van der Waals surface area contributed by atoms with Crippen LogP contribution in [0.2, 0.25) is 15.1 Å². The summed E-state index contributed by atoms with van der Waals surface area (Å²) in [5, 5.41) is 4.79. The van der Waals surface area contributed by atoms with Crippen molar-refractivity contribution in [2.45, 2.75) is 110 Å². The Balaban J connectivity index is 1.28. The van der Waals surface area contributed by atoms with Gasteiger partial charge in [-0.15, -0.1) is 0 Å². The molecular weight excluding hydrogens is 789 g/mol. The number of aryl methyl sites for hydroxylation is 1. The highest BCUT2D eigenvalue weighted by molar-refractivity contribution is 6.37. The van der Waals surface area contributed by atoms with Gasteiger partial charge < -0.3 is 34.1 Å². The van der Waals surface area contributed by atoms with Crippen molar-refractivity contribution in [3.05, 3.63) is 91.9 Å². The number of carbonyl (C=O) groups is 3. The lowest BCUT2D eigenvalue weighted by Crippen LogP contribution is -2.51. The summed E-state index contributed by atoms with van der Waals surface area (Å²) in [4.78, 5) is 43.9. The molecule has 0 spiro atoms. The second-order valence-electron chi connectivity index (χ2n) is 16.9. The van der Waals surface area contributed by atoms with Crippen molar-refractivity contribution >= 4 is 52.8 Å². The Kier molecular flexibility index (Phi) is 15.1. The van der Waals surface area contributed by atoms with E-state index in [-0.39, 0.29) is 50.0 Å². The SMILES string of the molecule is Cc1cc(Cl)c(OCCOc2ccc([C@H]3CCN(C(=O)OC(C)(C)C)C[C@@H]3C(=O)N(Cc3cc(CNCCC(=O)OC(C)(C)C)ccc3Cl)C3CC3)cc2)c(Cl)c1. The predicted octanol–water partition coefficient (Wildman–Crippen LogP) is 9.77. The van der Waals surface area contributed by atoms with Gasteiger partial charge in [-0.25, -0.2) is 4.79 Å². The number of ether oxygens (including phenoxy) is 4. The minimum Gasteiger partial charge on any atom is -0.490 e. The molecule has 1 N–H and O–H groups in total. The first-order valence-electron chi connectivity index (χ1n) is 19.7. The lowest BCUT2D eigenvalue weighted by Gasteiger charge is -2.40. The highest BCUT2D eigenvalue weighted by Crippen LogP contribution is 2.39. The first-order valence-corrected chi connectivity index (χ1v) is 20.8. The predicted molar refractivity (Wildman–Crippen MR) is 224 cm³/mol. The molecule has 2 aliphatic rings. The maximum atomic E-state index is 14.8. The topological polar surface area (TPSA) is 107 Å². The van der Waals surface area contributed by atoms with Crippen LogP contribution in [0.4, 0.5) is 4.79 Å². The van der Waals surface area contributed by atoms with E-state index < -0.39 is 23.2 Å². The molecule has 13 heteroatoms. The zero-order chi connectivity index (χ0) is 41.5. The number of halogens is 3. The Bertz CT molecular complexity index is 1850. The smallest absolute Gasteiger partial charge is 0.410 e. The monoisotopic (exact) mass is 843 g/mol. The molecule has 10 nitrogen and oxygen atoms in total. The zero-order valence-corrected chi connectivity index (χ0v) is 36.4. The molecule has 5 rings (SSSR count). The van der Waals surface area contributed by atoms with Gasteiger partial charge in [-0.1, -0.05) is 59.1 Å². The quantitative estimate of drug-likeness (QED) is 0.119. The average Bonchev–Trinajstić information content (AvgIpc) is 3.97. The summed E-state index contributed by atoms with van der Waals surface area (Å²) < 4.78 is 22.9. The highest BCUT2D eigenvalue weighted by atomic mass is 35.5. The molecule has 1 aliphatic carbocycles. The van der Waals surface area contributed by atoms with Crippen LogP contribution < -0.4 is 14.8 Å². The third-order valence-electron chi connectivity index (χ3n) is 9.61. The fourth-order valence-corrected chi connectivity index (χ4v) is 7.76. The number of amides is 2. The van der Waals surface area contributed by atoms with E-state index in [4.69, 9.17) is 53.8 Å². The van der Waals surface area contributed by atoms with E-state index in [2.05, 4.69) is 5.32 Å². The van der Waals surface area contributed by atoms with E-state index >= 15 is 0 Å². The number of hydrogen-bond acceptors (Lipinski definition) is 8. The molecule has 1 heterocycles. The first kappa shape index (κ1) is 44.4. The van der Waals surface area contributed by atoms with Crippen LogP contribution in [0, 0.1) is 12.8 Å². The van der Waals surface area contributed by atoms with E-state index in [0.29, 0.717) is 59.2 Å². The number of hydrogen-bond donors (Lipinski definition) is 1. The lowest BCUT2D eigenvalue weighted by atomic mass is 9.79. The second-order valence-corrected chi connectivity index (χ2v) is 18.1. The van der Waals surface area contributed by atoms with Gasteiger partial charge in [-0.3, -0.25) is 9.59 Å². The van der Waals surface area contributed by atoms with Gasteiger partial charge in [-0.05, 0) is 126 Å². The van der Waals surface area contributed by atoms with Crippen LogP contribution in [0.3, 0.4) is 0 Å². The van der Waals surface area contributed by atoms with E-state index in [1.165, 1.54) is 0 Å².